The van der Waals surface area contributed by atoms with Gasteiger partial charge in [-0.25, -0.2) is 0 Å². The highest BCUT2D eigenvalue weighted by Crippen LogP contribution is 2.17. The van der Waals surface area contributed by atoms with Crippen molar-refractivity contribution in [2.45, 2.75) is 32.9 Å². The first-order chi connectivity index (χ1) is 8.58. The fraction of sp³-hybridized carbons (Fsp3) is 0.500. The SMILES string of the molecule is CCOC(=O)C(C)N[C@H](C)c1ccc(OC)cc1. The second-order valence-electron chi connectivity index (χ2n) is 4.14. The first-order valence-electron chi connectivity index (χ1n) is 6.15. The minimum atomic E-state index is -0.318. The van der Waals surface area contributed by atoms with E-state index in [1.807, 2.05) is 31.2 Å². The van der Waals surface area contributed by atoms with Gasteiger partial charge in [0.25, 0.3) is 0 Å². The van der Waals surface area contributed by atoms with Gasteiger partial charge < -0.3 is 9.47 Å². The highest BCUT2D eigenvalue weighted by atomic mass is 16.5. The summed E-state index contributed by atoms with van der Waals surface area (Å²) in [4.78, 5) is 11.5. The topological polar surface area (TPSA) is 47.6 Å². The van der Waals surface area contributed by atoms with E-state index in [2.05, 4.69) is 5.32 Å². The molecule has 1 N–H and O–H groups in total. The second-order valence-corrected chi connectivity index (χ2v) is 4.14. The normalized spacial score (nSPS) is 13.8. The Balaban J connectivity index is 2.58. The van der Waals surface area contributed by atoms with Crippen molar-refractivity contribution in [3.05, 3.63) is 29.8 Å². The lowest BCUT2D eigenvalue weighted by molar-refractivity contribution is -0.145. The minimum absolute atomic E-state index is 0.0790. The molecule has 1 aromatic carbocycles. The lowest BCUT2D eigenvalue weighted by atomic mass is 10.1. The highest BCUT2D eigenvalue weighted by molar-refractivity contribution is 5.75. The summed E-state index contributed by atoms with van der Waals surface area (Å²) in [5.41, 5.74) is 1.10. The molecule has 18 heavy (non-hydrogen) atoms. The Morgan fingerprint density at radius 3 is 2.39 bits per heavy atom. The number of rotatable bonds is 6. The predicted octanol–water partition coefficient (Wildman–Crippen LogP) is 2.30. The molecule has 0 saturated carbocycles. The van der Waals surface area contributed by atoms with Gasteiger partial charge in [0.1, 0.15) is 11.8 Å². The zero-order valence-corrected chi connectivity index (χ0v) is 11.4. The van der Waals surface area contributed by atoms with Crippen LogP contribution in [0.4, 0.5) is 0 Å². The van der Waals surface area contributed by atoms with Gasteiger partial charge >= 0.3 is 5.97 Å². The third-order valence-electron chi connectivity index (χ3n) is 2.76. The van der Waals surface area contributed by atoms with E-state index in [1.54, 1.807) is 21.0 Å². The Hall–Kier alpha value is -1.55. The first-order valence-corrected chi connectivity index (χ1v) is 6.15. The van der Waals surface area contributed by atoms with E-state index < -0.39 is 0 Å². The van der Waals surface area contributed by atoms with E-state index in [4.69, 9.17) is 9.47 Å². The summed E-state index contributed by atoms with van der Waals surface area (Å²) in [5, 5.41) is 3.20. The maximum absolute atomic E-state index is 11.5. The van der Waals surface area contributed by atoms with Crippen LogP contribution in [0.25, 0.3) is 0 Å². The summed E-state index contributed by atoms with van der Waals surface area (Å²) < 4.78 is 10.1. The number of carbonyl (C=O) groups excluding carboxylic acids is 1. The summed E-state index contributed by atoms with van der Waals surface area (Å²) in [7, 11) is 1.64. The van der Waals surface area contributed by atoms with Gasteiger partial charge in [-0.15, -0.1) is 0 Å². The smallest absolute Gasteiger partial charge is 0.322 e. The van der Waals surface area contributed by atoms with Gasteiger partial charge in [0.15, 0.2) is 0 Å². The maximum atomic E-state index is 11.5. The van der Waals surface area contributed by atoms with Crippen molar-refractivity contribution >= 4 is 5.97 Å². The van der Waals surface area contributed by atoms with E-state index in [9.17, 15) is 4.79 Å². The van der Waals surface area contributed by atoms with Gasteiger partial charge in [0.05, 0.1) is 13.7 Å². The van der Waals surface area contributed by atoms with Gasteiger partial charge in [0, 0.05) is 6.04 Å². The molecule has 100 valence electrons. The molecule has 0 bridgehead atoms. The fourth-order valence-electron chi connectivity index (χ4n) is 1.70. The third-order valence-corrected chi connectivity index (χ3v) is 2.76. The fourth-order valence-corrected chi connectivity index (χ4v) is 1.70. The molecule has 0 saturated heterocycles. The van der Waals surface area contributed by atoms with Crippen LogP contribution in [0.3, 0.4) is 0 Å². The molecule has 0 aliphatic heterocycles. The molecule has 4 heteroatoms. The number of hydrogen-bond acceptors (Lipinski definition) is 4. The highest BCUT2D eigenvalue weighted by Gasteiger charge is 2.16. The van der Waals surface area contributed by atoms with Crippen molar-refractivity contribution in [2.24, 2.45) is 0 Å². The van der Waals surface area contributed by atoms with Crippen molar-refractivity contribution in [1.29, 1.82) is 0 Å². The Morgan fingerprint density at radius 2 is 1.89 bits per heavy atom. The molecule has 0 aromatic heterocycles. The Labute approximate surface area is 108 Å². The Bertz CT molecular complexity index is 375. The number of esters is 1. The lowest BCUT2D eigenvalue weighted by Crippen LogP contribution is -2.37. The maximum Gasteiger partial charge on any atom is 0.322 e. The second kappa shape index (κ2) is 7.01. The Morgan fingerprint density at radius 1 is 1.28 bits per heavy atom. The molecule has 2 atom stereocenters. The van der Waals surface area contributed by atoms with Crippen molar-refractivity contribution in [3.63, 3.8) is 0 Å². The molecule has 1 rings (SSSR count). The van der Waals surface area contributed by atoms with E-state index in [0.717, 1.165) is 11.3 Å². The zero-order chi connectivity index (χ0) is 13.5. The van der Waals surface area contributed by atoms with Crippen LogP contribution < -0.4 is 10.1 Å². The number of ether oxygens (including phenoxy) is 2. The third kappa shape index (κ3) is 4.04. The number of carbonyl (C=O) groups is 1. The average molecular weight is 251 g/mol. The van der Waals surface area contributed by atoms with Gasteiger partial charge in [-0.3, -0.25) is 10.1 Å². The van der Waals surface area contributed by atoms with E-state index in [-0.39, 0.29) is 18.1 Å². The number of hydrogen-bond donors (Lipinski definition) is 1. The molecular weight excluding hydrogens is 230 g/mol. The molecule has 0 amide bonds. The van der Waals surface area contributed by atoms with Crippen molar-refractivity contribution in [1.82, 2.24) is 5.32 Å². The number of nitrogens with one attached hydrogen (secondary N) is 1. The zero-order valence-electron chi connectivity index (χ0n) is 11.4. The monoisotopic (exact) mass is 251 g/mol. The van der Waals surface area contributed by atoms with Crippen LogP contribution >= 0.6 is 0 Å². The van der Waals surface area contributed by atoms with Crippen LogP contribution in [-0.2, 0) is 9.53 Å². The van der Waals surface area contributed by atoms with Crippen LogP contribution in [0, 0.1) is 0 Å². The molecule has 0 radical (unpaired) electrons. The van der Waals surface area contributed by atoms with Gasteiger partial charge in [-0.1, -0.05) is 12.1 Å². The molecular formula is C14H21NO3. The molecule has 0 heterocycles. The largest absolute Gasteiger partial charge is 0.497 e. The molecule has 1 unspecified atom stereocenters. The summed E-state index contributed by atoms with van der Waals surface area (Å²) in [6.07, 6.45) is 0. The minimum Gasteiger partial charge on any atom is -0.497 e. The molecule has 1 aromatic rings. The van der Waals surface area contributed by atoms with E-state index in [1.165, 1.54) is 0 Å². The summed E-state index contributed by atoms with van der Waals surface area (Å²) >= 11 is 0. The standard InChI is InChI=1S/C14H21NO3/c1-5-18-14(16)11(3)15-10(2)12-6-8-13(17-4)9-7-12/h6-11,15H,5H2,1-4H3/t10-,11?/m1/s1. The molecule has 0 spiro atoms. The number of methoxy groups -OCH3 is 1. The Kier molecular flexibility index (Phi) is 5.65. The van der Waals surface area contributed by atoms with Gasteiger partial charge in [-0.05, 0) is 38.5 Å². The summed E-state index contributed by atoms with van der Waals surface area (Å²) in [5.74, 6) is 0.599. The van der Waals surface area contributed by atoms with Crippen LogP contribution in [0.2, 0.25) is 0 Å². The number of benzene rings is 1. The molecule has 0 aliphatic carbocycles. The average Bonchev–Trinajstić information content (AvgIpc) is 2.39. The van der Waals surface area contributed by atoms with Crippen LogP contribution in [0.15, 0.2) is 24.3 Å². The molecule has 0 aliphatic rings. The van der Waals surface area contributed by atoms with Crippen molar-refractivity contribution < 1.29 is 14.3 Å². The lowest BCUT2D eigenvalue weighted by Gasteiger charge is -2.19. The van der Waals surface area contributed by atoms with Crippen LogP contribution in [0.5, 0.6) is 5.75 Å². The van der Waals surface area contributed by atoms with Gasteiger partial charge in [-0.2, -0.15) is 0 Å². The summed E-state index contributed by atoms with van der Waals surface area (Å²) in [6.45, 7) is 6.02. The van der Waals surface area contributed by atoms with Crippen molar-refractivity contribution in [2.75, 3.05) is 13.7 Å². The van der Waals surface area contributed by atoms with E-state index >= 15 is 0 Å². The molecule has 0 fully saturated rings. The quantitative estimate of drug-likeness (QED) is 0.788. The predicted molar refractivity (Wildman–Crippen MR) is 70.6 cm³/mol. The van der Waals surface area contributed by atoms with Gasteiger partial charge in [0.2, 0.25) is 0 Å². The van der Waals surface area contributed by atoms with Crippen LogP contribution in [-0.4, -0.2) is 25.7 Å². The van der Waals surface area contributed by atoms with E-state index in [0.29, 0.717) is 6.61 Å². The van der Waals surface area contributed by atoms with Crippen molar-refractivity contribution in [3.8, 4) is 5.75 Å². The van der Waals surface area contributed by atoms with Crippen LogP contribution in [0.1, 0.15) is 32.4 Å². The summed E-state index contributed by atoms with van der Waals surface area (Å²) in [6, 6.07) is 7.53. The first kappa shape index (κ1) is 14.5. The molecule has 4 nitrogen and oxygen atoms in total.